The molecule has 134 valence electrons. The summed E-state index contributed by atoms with van der Waals surface area (Å²) in [6, 6.07) is 19.3. The highest BCUT2D eigenvalue weighted by atomic mass is 19.1. The third kappa shape index (κ3) is 3.37. The lowest BCUT2D eigenvalue weighted by Gasteiger charge is -2.15. The molecule has 0 aliphatic heterocycles. The van der Waals surface area contributed by atoms with Crippen LogP contribution in [-0.2, 0) is 0 Å². The molecule has 0 aliphatic rings. The highest BCUT2D eigenvalue weighted by Gasteiger charge is 2.16. The molecule has 1 unspecified atom stereocenters. The normalized spacial score (nSPS) is 12.2. The Morgan fingerprint density at radius 3 is 2.70 bits per heavy atom. The van der Waals surface area contributed by atoms with Crippen molar-refractivity contribution in [1.29, 1.82) is 0 Å². The molecule has 5 heteroatoms. The third-order valence-electron chi connectivity index (χ3n) is 4.55. The first-order valence-corrected chi connectivity index (χ1v) is 8.61. The first-order chi connectivity index (χ1) is 13.1. The summed E-state index contributed by atoms with van der Waals surface area (Å²) in [6.45, 7) is 0.0116. The molecule has 2 N–H and O–H groups in total. The van der Waals surface area contributed by atoms with Crippen molar-refractivity contribution in [3.63, 3.8) is 0 Å². The fraction of sp³-hybridized carbons (Fsp3) is 0.0909. The number of aliphatic hydroxyl groups is 1. The number of carbonyl (C=O) groups excluding carboxylic acids is 1. The maximum atomic E-state index is 13.8. The fourth-order valence-electron chi connectivity index (χ4n) is 3.26. The van der Waals surface area contributed by atoms with Crippen molar-refractivity contribution in [1.82, 2.24) is 10.3 Å². The van der Waals surface area contributed by atoms with Crippen molar-refractivity contribution < 1.29 is 14.3 Å². The zero-order valence-corrected chi connectivity index (χ0v) is 14.4. The van der Waals surface area contributed by atoms with Gasteiger partial charge in [0, 0.05) is 18.1 Å². The number of nitrogens with zero attached hydrogens (tertiary/aromatic N) is 1. The quantitative estimate of drug-likeness (QED) is 0.578. The fourth-order valence-corrected chi connectivity index (χ4v) is 3.26. The molecule has 0 radical (unpaired) electrons. The number of rotatable bonds is 4. The number of halogens is 1. The van der Waals surface area contributed by atoms with Crippen LogP contribution in [0.3, 0.4) is 0 Å². The topological polar surface area (TPSA) is 62.2 Å². The van der Waals surface area contributed by atoms with Gasteiger partial charge in [0.25, 0.3) is 5.91 Å². The highest BCUT2D eigenvalue weighted by Crippen LogP contribution is 2.24. The summed E-state index contributed by atoms with van der Waals surface area (Å²) in [5.74, 6) is -0.979. The number of hydrogen-bond acceptors (Lipinski definition) is 3. The Labute approximate surface area is 155 Å². The van der Waals surface area contributed by atoms with E-state index in [4.69, 9.17) is 0 Å². The molecule has 1 aromatic heterocycles. The van der Waals surface area contributed by atoms with Crippen molar-refractivity contribution in [2.75, 3.05) is 6.54 Å². The van der Waals surface area contributed by atoms with Crippen LogP contribution in [0, 0.1) is 5.82 Å². The molecule has 0 spiro atoms. The minimum absolute atomic E-state index is 0.0116. The Bertz CT molecular complexity index is 1140. The smallest absolute Gasteiger partial charge is 0.253 e. The zero-order chi connectivity index (χ0) is 18.8. The van der Waals surface area contributed by atoms with Gasteiger partial charge in [0.1, 0.15) is 5.82 Å². The lowest BCUT2D eigenvalue weighted by atomic mass is 10.0. The van der Waals surface area contributed by atoms with Gasteiger partial charge in [-0.1, -0.05) is 48.5 Å². The largest absolute Gasteiger partial charge is 0.387 e. The predicted molar refractivity (Wildman–Crippen MR) is 103 cm³/mol. The number of fused-ring (bicyclic) bond motifs is 2. The van der Waals surface area contributed by atoms with E-state index in [1.54, 1.807) is 18.3 Å². The molecule has 0 aliphatic carbocycles. The Balaban J connectivity index is 1.58. The lowest BCUT2D eigenvalue weighted by molar-refractivity contribution is 0.0918. The van der Waals surface area contributed by atoms with Gasteiger partial charge in [-0.2, -0.15) is 0 Å². The molecular formula is C22H17FN2O2. The van der Waals surface area contributed by atoms with E-state index in [2.05, 4.69) is 10.3 Å². The molecule has 1 heterocycles. The van der Waals surface area contributed by atoms with Crippen LogP contribution >= 0.6 is 0 Å². The number of pyridine rings is 1. The van der Waals surface area contributed by atoms with Crippen LogP contribution in [0.2, 0.25) is 0 Å². The molecule has 1 amide bonds. The molecular weight excluding hydrogens is 343 g/mol. The second-order valence-corrected chi connectivity index (χ2v) is 6.32. The third-order valence-corrected chi connectivity index (χ3v) is 4.55. The molecule has 0 saturated carbocycles. The summed E-state index contributed by atoms with van der Waals surface area (Å²) in [5.41, 5.74) is 1.31. The number of aliphatic hydroxyl groups excluding tert-OH is 1. The number of hydrogen-bond donors (Lipinski definition) is 2. The van der Waals surface area contributed by atoms with Gasteiger partial charge in [0.2, 0.25) is 0 Å². The number of amides is 1. The summed E-state index contributed by atoms with van der Waals surface area (Å²) in [4.78, 5) is 16.8. The second-order valence-electron chi connectivity index (χ2n) is 6.32. The molecule has 3 aromatic carbocycles. The van der Waals surface area contributed by atoms with E-state index in [0.717, 1.165) is 22.4 Å². The van der Waals surface area contributed by atoms with Crippen LogP contribution in [-0.4, -0.2) is 22.5 Å². The van der Waals surface area contributed by atoms with Crippen molar-refractivity contribution in [2.45, 2.75) is 6.10 Å². The van der Waals surface area contributed by atoms with Gasteiger partial charge in [-0.25, -0.2) is 4.39 Å². The zero-order valence-electron chi connectivity index (χ0n) is 14.4. The van der Waals surface area contributed by atoms with E-state index in [1.807, 2.05) is 42.5 Å². The molecule has 0 fully saturated rings. The average molecular weight is 360 g/mol. The molecule has 0 saturated heterocycles. The van der Waals surface area contributed by atoms with E-state index in [1.165, 1.54) is 6.07 Å². The molecule has 0 bridgehead atoms. The van der Waals surface area contributed by atoms with Gasteiger partial charge in [0.15, 0.2) is 0 Å². The maximum Gasteiger partial charge on any atom is 0.253 e. The van der Waals surface area contributed by atoms with Crippen molar-refractivity contribution in [3.8, 4) is 0 Å². The summed E-state index contributed by atoms with van der Waals surface area (Å²) in [6.07, 6.45) is 0.676. The Hall–Kier alpha value is -3.31. The Morgan fingerprint density at radius 2 is 1.81 bits per heavy atom. The number of nitrogens with one attached hydrogen (secondary N) is 1. The van der Waals surface area contributed by atoms with E-state index < -0.39 is 17.8 Å². The number of carbonyl (C=O) groups is 1. The van der Waals surface area contributed by atoms with E-state index in [-0.39, 0.29) is 12.1 Å². The molecule has 1 atom stereocenters. The molecule has 4 rings (SSSR count). The van der Waals surface area contributed by atoms with Crippen LogP contribution in [0.5, 0.6) is 0 Å². The Kier molecular flexibility index (Phi) is 4.52. The number of benzene rings is 3. The predicted octanol–water partition coefficient (Wildman–Crippen LogP) is 3.99. The maximum absolute atomic E-state index is 13.8. The summed E-state index contributed by atoms with van der Waals surface area (Å²) >= 11 is 0. The minimum Gasteiger partial charge on any atom is -0.387 e. The summed E-state index contributed by atoms with van der Waals surface area (Å²) in [5, 5.41) is 15.8. The van der Waals surface area contributed by atoms with Gasteiger partial charge >= 0.3 is 0 Å². The summed E-state index contributed by atoms with van der Waals surface area (Å²) < 4.78 is 13.8. The molecule has 4 nitrogen and oxygen atoms in total. The highest BCUT2D eigenvalue weighted by molar-refractivity contribution is 6.05. The van der Waals surface area contributed by atoms with Crippen LogP contribution in [0.1, 0.15) is 22.0 Å². The van der Waals surface area contributed by atoms with Crippen molar-refractivity contribution >= 4 is 27.6 Å². The first-order valence-electron chi connectivity index (χ1n) is 8.61. The average Bonchev–Trinajstić information content (AvgIpc) is 2.70. The standard InChI is InChI=1S/C22H17FN2O2/c23-16-11-15-7-4-10-24-21(15)19(12-16)22(27)25-13-20(26)18-9-3-6-14-5-1-2-8-17(14)18/h1-12,20,26H,13H2,(H,25,27). The van der Waals surface area contributed by atoms with Crippen molar-refractivity contribution in [2.24, 2.45) is 0 Å². The van der Waals surface area contributed by atoms with Gasteiger partial charge in [-0.3, -0.25) is 9.78 Å². The van der Waals surface area contributed by atoms with Gasteiger partial charge in [-0.05, 0) is 34.5 Å². The van der Waals surface area contributed by atoms with E-state index >= 15 is 0 Å². The van der Waals surface area contributed by atoms with Crippen LogP contribution < -0.4 is 5.32 Å². The van der Waals surface area contributed by atoms with E-state index in [0.29, 0.717) is 10.9 Å². The Morgan fingerprint density at radius 1 is 1.04 bits per heavy atom. The molecule has 4 aromatic rings. The molecule has 27 heavy (non-hydrogen) atoms. The van der Waals surface area contributed by atoms with Gasteiger partial charge in [-0.15, -0.1) is 0 Å². The van der Waals surface area contributed by atoms with Gasteiger partial charge < -0.3 is 10.4 Å². The second kappa shape index (κ2) is 7.13. The van der Waals surface area contributed by atoms with Crippen LogP contribution in [0.25, 0.3) is 21.7 Å². The van der Waals surface area contributed by atoms with Crippen LogP contribution in [0.4, 0.5) is 4.39 Å². The first kappa shape index (κ1) is 17.1. The number of aromatic nitrogens is 1. The van der Waals surface area contributed by atoms with Crippen molar-refractivity contribution in [3.05, 3.63) is 89.9 Å². The summed E-state index contributed by atoms with van der Waals surface area (Å²) in [7, 11) is 0. The minimum atomic E-state index is -0.882. The SMILES string of the molecule is O=C(NCC(O)c1cccc2ccccc12)c1cc(F)cc2cccnc12. The van der Waals surface area contributed by atoms with Crippen LogP contribution in [0.15, 0.2) is 72.9 Å². The van der Waals surface area contributed by atoms with E-state index in [9.17, 15) is 14.3 Å². The monoisotopic (exact) mass is 360 g/mol. The lowest BCUT2D eigenvalue weighted by Crippen LogP contribution is -2.28. The van der Waals surface area contributed by atoms with Gasteiger partial charge in [0.05, 0.1) is 17.2 Å².